The number of nitro groups is 1. The molecule has 18 heavy (non-hydrogen) atoms. The summed E-state index contributed by atoms with van der Waals surface area (Å²) in [7, 11) is 0. The maximum absolute atomic E-state index is 11.9. The summed E-state index contributed by atoms with van der Waals surface area (Å²) in [6.07, 6.45) is 1.11. The predicted molar refractivity (Wildman–Crippen MR) is 66.0 cm³/mol. The molecule has 0 bridgehead atoms. The van der Waals surface area contributed by atoms with Gasteiger partial charge >= 0.3 is 0 Å². The Bertz CT molecular complexity index is 458. The third kappa shape index (κ3) is 2.84. The fourth-order valence-corrected chi connectivity index (χ4v) is 2.04. The molecule has 0 saturated carbocycles. The Hall–Kier alpha value is -1.95. The van der Waals surface area contributed by atoms with Crippen LogP contribution in [0.3, 0.4) is 0 Å². The number of nitrogens with two attached hydrogens (primary N) is 1. The number of non-ortho nitro benzene ring substituents is 1. The summed E-state index contributed by atoms with van der Waals surface area (Å²) in [5.41, 5.74) is 6.56. The van der Waals surface area contributed by atoms with Gasteiger partial charge in [0.15, 0.2) is 0 Å². The summed E-state index contributed by atoms with van der Waals surface area (Å²) in [6.45, 7) is 1.30. The van der Waals surface area contributed by atoms with Gasteiger partial charge in [-0.15, -0.1) is 0 Å². The van der Waals surface area contributed by atoms with E-state index in [4.69, 9.17) is 5.73 Å². The average molecular weight is 249 g/mol. The normalized spacial score (nSPS) is 18.9. The molecule has 1 fully saturated rings. The Balaban J connectivity index is 1.97. The molecule has 0 aromatic heterocycles. The first-order valence-corrected chi connectivity index (χ1v) is 5.83. The quantitative estimate of drug-likeness (QED) is 0.630. The highest BCUT2D eigenvalue weighted by molar-refractivity contribution is 5.79. The molecule has 1 heterocycles. The van der Waals surface area contributed by atoms with Crippen LogP contribution < -0.4 is 5.73 Å². The molecule has 1 aliphatic heterocycles. The minimum Gasteiger partial charge on any atom is -0.341 e. The predicted octanol–water partition coefficient (Wildman–Crippen LogP) is 0.697. The van der Waals surface area contributed by atoms with Crippen LogP contribution in [0.4, 0.5) is 5.69 Å². The van der Waals surface area contributed by atoms with E-state index < -0.39 is 4.92 Å². The summed E-state index contributed by atoms with van der Waals surface area (Å²) in [4.78, 5) is 23.7. The summed E-state index contributed by atoms with van der Waals surface area (Å²) >= 11 is 0. The Labute approximate surface area is 105 Å². The lowest BCUT2D eigenvalue weighted by Gasteiger charge is -2.15. The van der Waals surface area contributed by atoms with Crippen LogP contribution in [0.5, 0.6) is 0 Å². The van der Waals surface area contributed by atoms with E-state index in [0.717, 1.165) is 12.0 Å². The Morgan fingerprint density at radius 3 is 2.61 bits per heavy atom. The van der Waals surface area contributed by atoms with Crippen molar-refractivity contribution >= 4 is 11.6 Å². The number of hydrogen-bond acceptors (Lipinski definition) is 4. The Morgan fingerprint density at radius 1 is 1.44 bits per heavy atom. The molecule has 2 rings (SSSR count). The number of likely N-dealkylation sites (tertiary alicyclic amines) is 1. The Morgan fingerprint density at radius 2 is 2.11 bits per heavy atom. The maximum Gasteiger partial charge on any atom is 0.269 e. The number of benzene rings is 1. The zero-order valence-electron chi connectivity index (χ0n) is 9.91. The molecule has 0 unspecified atom stereocenters. The molecule has 0 aliphatic carbocycles. The monoisotopic (exact) mass is 249 g/mol. The molecule has 1 amide bonds. The highest BCUT2D eigenvalue weighted by Gasteiger charge is 2.23. The lowest BCUT2D eigenvalue weighted by molar-refractivity contribution is -0.384. The van der Waals surface area contributed by atoms with Crippen LogP contribution in [0, 0.1) is 10.1 Å². The van der Waals surface area contributed by atoms with E-state index in [1.54, 1.807) is 17.0 Å². The second-order valence-electron chi connectivity index (χ2n) is 4.49. The van der Waals surface area contributed by atoms with Crippen LogP contribution >= 0.6 is 0 Å². The third-order valence-electron chi connectivity index (χ3n) is 3.08. The first-order chi connectivity index (χ1) is 8.56. The molecule has 1 aromatic rings. The molecule has 96 valence electrons. The number of carbonyl (C=O) groups is 1. The van der Waals surface area contributed by atoms with Gasteiger partial charge in [0.1, 0.15) is 0 Å². The zero-order valence-corrected chi connectivity index (χ0v) is 9.91. The molecular weight excluding hydrogens is 234 g/mol. The van der Waals surface area contributed by atoms with Gasteiger partial charge in [0.05, 0.1) is 11.3 Å². The van der Waals surface area contributed by atoms with Crippen LogP contribution in [-0.2, 0) is 11.2 Å². The molecular formula is C12H15N3O3. The lowest BCUT2D eigenvalue weighted by atomic mass is 10.1. The van der Waals surface area contributed by atoms with Crippen molar-refractivity contribution in [2.75, 3.05) is 13.1 Å². The zero-order chi connectivity index (χ0) is 13.1. The van der Waals surface area contributed by atoms with Gasteiger partial charge in [-0.1, -0.05) is 12.1 Å². The van der Waals surface area contributed by atoms with Crippen LogP contribution in [0.15, 0.2) is 24.3 Å². The van der Waals surface area contributed by atoms with Crippen molar-refractivity contribution in [3.8, 4) is 0 Å². The lowest BCUT2D eigenvalue weighted by Crippen LogP contribution is -2.32. The minimum atomic E-state index is -0.453. The molecule has 1 atom stereocenters. The summed E-state index contributed by atoms with van der Waals surface area (Å²) in [5, 5.41) is 10.5. The van der Waals surface area contributed by atoms with Crippen molar-refractivity contribution in [3.63, 3.8) is 0 Å². The molecule has 2 N–H and O–H groups in total. The molecule has 6 nitrogen and oxygen atoms in total. The summed E-state index contributed by atoms with van der Waals surface area (Å²) in [6, 6.07) is 6.14. The van der Waals surface area contributed by atoms with Crippen LogP contribution in [-0.4, -0.2) is 34.9 Å². The van der Waals surface area contributed by atoms with Crippen LogP contribution in [0.2, 0.25) is 0 Å². The topological polar surface area (TPSA) is 89.5 Å². The second-order valence-corrected chi connectivity index (χ2v) is 4.49. The van der Waals surface area contributed by atoms with Gasteiger partial charge in [0, 0.05) is 31.3 Å². The van der Waals surface area contributed by atoms with Crippen LogP contribution in [0.25, 0.3) is 0 Å². The number of hydrogen-bond donors (Lipinski definition) is 1. The first-order valence-electron chi connectivity index (χ1n) is 5.83. The molecule has 1 saturated heterocycles. The first kappa shape index (κ1) is 12.5. The summed E-state index contributed by atoms with van der Waals surface area (Å²) < 4.78 is 0. The van der Waals surface area contributed by atoms with Crippen LogP contribution in [0.1, 0.15) is 12.0 Å². The molecule has 0 spiro atoms. The third-order valence-corrected chi connectivity index (χ3v) is 3.08. The fourth-order valence-electron chi connectivity index (χ4n) is 2.04. The Kier molecular flexibility index (Phi) is 3.57. The van der Waals surface area contributed by atoms with Gasteiger partial charge in [0.2, 0.25) is 5.91 Å². The van der Waals surface area contributed by atoms with E-state index >= 15 is 0 Å². The van der Waals surface area contributed by atoms with Crippen molar-refractivity contribution in [2.45, 2.75) is 18.9 Å². The smallest absolute Gasteiger partial charge is 0.269 e. The van der Waals surface area contributed by atoms with Gasteiger partial charge in [-0.2, -0.15) is 0 Å². The number of rotatable bonds is 3. The highest BCUT2D eigenvalue weighted by Crippen LogP contribution is 2.14. The van der Waals surface area contributed by atoms with Crippen molar-refractivity contribution in [1.29, 1.82) is 0 Å². The van der Waals surface area contributed by atoms with E-state index in [2.05, 4.69) is 0 Å². The van der Waals surface area contributed by atoms with Crippen molar-refractivity contribution in [1.82, 2.24) is 4.90 Å². The van der Waals surface area contributed by atoms with Gasteiger partial charge in [-0.05, 0) is 12.0 Å². The van der Waals surface area contributed by atoms with Gasteiger partial charge in [-0.25, -0.2) is 0 Å². The van der Waals surface area contributed by atoms with E-state index in [-0.39, 0.29) is 24.1 Å². The largest absolute Gasteiger partial charge is 0.341 e. The van der Waals surface area contributed by atoms with Gasteiger partial charge < -0.3 is 10.6 Å². The van der Waals surface area contributed by atoms with Crippen molar-refractivity contribution < 1.29 is 9.72 Å². The van der Waals surface area contributed by atoms with E-state index in [0.29, 0.717) is 13.1 Å². The average Bonchev–Trinajstić information content (AvgIpc) is 2.76. The minimum absolute atomic E-state index is 0.0248. The van der Waals surface area contributed by atoms with E-state index in [9.17, 15) is 14.9 Å². The molecule has 6 heteroatoms. The standard InChI is InChI=1S/C12H15N3O3/c13-10-5-6-14(8-10)12(16)7-9-1-3-11(4-2-9)15(17)18/h1-4,10H,5-8,13H2/t10-/m1/s1. The van der Waals surface area contributed by atoms with E-state index in [1.807, 2.05) is 0 Å². The van der Waals surface area contributed by atoms with Gasteiger partial charge in [-0.3, -0.25) is 14.9 Å². The molecule has 0 radical (unpaired) electrons. The molecule has 1 aromatic carbocycles. The van der Waals surface area contributed by atoms with E-state index in [1.165, 1.54) is 12.1 Å². The number of carbonyl (C=O) groups excluding carboxylic acids is 1. The number of amides is 1. The van der Waals surface area contributed by atoms with Crippen molar-refractivity contribution in [3.05, 3.63) is 39.9 Å². The second kappa shape index (κ2) is 5.14. The fraction of sp³-hybridized carbons (Fsp3) is 0.417. The van der Waals surface area contributed by atoms with Gasteiger partial charge in [0.25, 0.3) is 5.69 Å². The summed E-state index contributed by atoms with van der Waals surface area (Å²) in [5.74, 6) is 0.0248. The molecule has 1 aliphatic rings. The number of nitrogens with zero attached hydrogens (tertiary/aromatic N) is 2. The highest BCUT2D eigenvalue weighted by atomic mass is 16.6. The number of nitro benzene ring substituents is 1. The van der Waals surface area contributed by atoms with Crippen molar-refractivity contribution in [2.24, 2.45) is 5.73 Å². The maximum atomic E-state index is 11.9. The SMILES string of the molecule is N[C@@H]1CCN(C(=O)Cc2ccc([N+](=O)[O-])cc2)C1.